The average molecular weight is 566 g/mol. The first kappa shape index (κ1) is 28.3. The van der Waals surface area contributed by atoms with Gasteiger partial charge in [-0.25, -0.2) is 14.4 Å². The van der Waals surface area contributed by atoms with Gasteiger partial charge in [0, 0.05) is 50.4 Å². The molecule has 1 aliphatic rings. The molecular weight excluding hydrogens is 538 g/mol. The summed E-state index contributed by atoms with van der Waals surface area (Å²) in [4.78, 5) is 22.0. The second-order valence-electron chi connectivity index (χ2n) is 8.76. The summed E-state index contributed by atoms with van der Waals surface area (Å²) in [6.07, 6.45) is 3.59. The molecule has 1 saturated heterocycles. The number of halogens is 4. The van der Waals surface area contributed by atoms with Gasteiger partial charge in [0.05, 0.1) is 42.7 Å². The minimum absolute atomic E-state index is 0.0577. The number of piperidine rings is 1. The number of aromatic nitrogens is 3. The molecule has 9 nitrogen and oxygen atoms in total. The van der Waals surface area contributed by atoms with E-state index in [1.165, 1.54) is 49.3 Å². The Morgan fingerprint density at radius 3 is 2.79 bits per heavy atom. The quantitative estimate of drug-likeness (QED) is 0.227. The van der Waals surface area contributed by atoms with E-state index in [4.69, 9.17) is 4.74 Å². The number of amides is 1. The monoisotopic (exact) mass is 565 g/mol. The van der Waals surface area contributed by atoms with Crippen LogP contribution in [0.4, 0.5) is 29.1 Å². The van der Waals surface area contributed by atoms with Crippen molar-refractivity contribution in [3.8, 4) is 17.6 Å². The first-order chi connectivity index (χ1) is 18.6. The molecule has 208 valence electrons. The maximum atomic E-state index is 14.6. The fourth-order valence-corrected chi connectivity index (χ4v) is 4.85. The molecule has 14 heteroatoms. The van der Waals surface area contributed by atoms with Gasteiger partial charge in [-0.1, -0.05) is 11.8 Å². The highest BCUT2D eigenvalue weighted by molar-refractivity contribution is 8.00. The summed E-state index contributed by atoms with van der Waals surface area (Å²) in [5, 5.41) is 8.43. The maximum absolute atomic E-state index is 14.6. The average Bonchev–Trinajstić information content (AvgIpc) is 3.24. The normalized spacial score (nSPS) is 17.8. The van der Waals surface area contributed by atoms with Crippen LogP contribution in [0.1, 0.15) is 22.5 Å². The van der Waals surface area contributed by atoms with Crippen LogP contribution in [0, 0.1) is 11.8 Å². The van der Waals surface area contributed by atoms with Crippen molar-refractivity contribution in [3.05, 3.63) is 42.0 Å². The van der Waals surface area contributed by atoms with Crippen molar-refractivity contribution in [1.82, 2.24) is 24.6 Å². The molecule has 4 rings (SSSR count). The van der Waals surface area contributed by atoms with Gasteiger partial charge in [0.1, 0.15) is 22.6 Å². The van der Waals surface area contributed by atoms with Crippen LogP contribution in [-0.2, 0) is 0 Å². The molecule has 0 aromatic carbocycles. The first-order valence-corrected chi connectivity index (χ1v) is 12.7. The molecule has 0 unspecified atom stereocenters. The van der Waals surface area contributed by atoms with Crippen LogP contribution in [0.2, 0.25) is 0 Å². The van der Waals surface area contributed by atoms with E-state index in [1.54, 1.807) is 0 Å². The summed E-state index contributed by atoms with van der Waals surface area (Å²) >= 11 is -0.278. The molecule has 0 spiro atoms. The van der Waals surface area contributed by atoms with Crippen LogP contribution >= 0.6 is 11.8 Å². The number of hydrogen-bond acceptors (Lipinski definition) is 8. The van der Waals surface area contributed by atoms with Gasteiger partial charge in [0.2, 0.25) is 0 Å². The number of nitrogens with zero attached hydrogens (tertiary/aromatic N) is 4. The molecule has 39 heavy (non-hydrogen) atoms. The minimum Gasteiger partial charge on any atom is -0.494 e. The third kappa shape index (κ3) is 6.85. The number of pyridine rings is 1. The van der Waals surface area contributed by atoms with Crippen molar-refractivity contribution in [1.29, 1.82) is 0 Å². The fraction of sp³-hybridized carbons (Fsp3) is 0.400. The maximum Gasteiger partial charge on any atom is 0.447 e. The zero-order chi connectivity index (χ0) is 28.2. The summed E-state index contributed by atoms with van der Waals surface area (Å²) in [5.74, 6) is 5.89. The number of ether oxygens (including phenoxy) is 1. The van der Waals surface area contributed by atoms with E-state index in [9.17, 15) is 22.4 Å². The highest BCUT2D eigenvalue weighted by Crippen LogP contribution is 2.40. The summed E-state index contributed by atoms with van der Waals surface area (Å²) in [7, 11) is 4.75. The van der Waals surface area contributed by atoms with Crippen molar-refractivity contribution in [2.24, 2.45) is 0 Å². The Bertz CT molecular complexity index is 1400. The number of thioether (sulfide) groups is 1. The molecule has 0 bridgehead atoms. The van der Waals surface area contributed by atoms with E-state index in [2.05, 4.69) is 37.8 Å². The smallest absolute Gasteiger partial charge is 0.447 e. The number of likely N-dealkylation sites (tertiary alicyclic amines) is 1. The van der Waals surface area contributed by atoms with Crippen molar-refractivity contribution in [2.45, 2.75) is 29.2 Å². The predicted octanol–water partition coefficient (Wildman–Crippen LogP) is 3.63. The second kappa shape index (κ2) is 12.0. The summed E-state index contributed by atoms with van der Waals surface area (Å²) in [5.41, 5.74) is -3.42. The highest BCUT2D eigenvalue weighted by atomic mass is 32.2. The minimum atomic E-state index is -4.55. The van der Waals surface area contributed by atoms with Gasteiger partial charge in [0.15, 0.2) is 5.82 Å². The van der Waals surface area contributed by atoms with Crippen LogP contribution in [-0.4, -0.2) is 83.7 Å². The molecule has 2 atom stereocenters. The van der Waals surface area contributed by atoms with Crippen LogP contribution in [0.25, 0.3) is 5.52 Å². The Morgan fingerprint density at radius 1 is 1.31 bits per heavy atom. The number of methoxy groups -OCH3 is 1. The number of carbonyl (C=O) groups is 1. The number of alkyl halides is 4. The van der Waals surface area contributed by atoms with Gasteiger partial charge in [-0.15, -0.1) is 0 Å². The molecule has 3 aromatic heterocycles. The molecule has 1 fully saturated rings. The lowest BCUT2D eigenvalue weighted by molar-refractivity contribution is -0.0329. The molecule has 1 aliphatic heterocycles. The Labute approximate surface area is 226 Å². The standard InChI is InChI=1S/C25H27F4N7O2S/c1-30-23(37)18-12-21(38-3)19(13-33-18)31-7-4-5-15-11-20-22(34-17-6-9-35(2)14-16(17)26)32-8-10-36(20)24(15)39-25(27,28)29/h8,10-13,16-17,31H,6-7,9,14H2,1-3H3,(H,30,37)(H,32,34)/t16-,17+/m0/s1. The SMILES string of the molecule is CNC(=O)c1cc(OC)c(NCC#Cc2cc3c(N[C@@H]4CCN(C)C[C@@H]4F)nccn3c2SC(F)(F)F)cn1. The van der Waals surface area contributed by atoms with Gasteiger partial charge in [-0.3, -0.25) is 4.79 Å². The fourth-order valence-electron chi connectivity index (χ4n) is 4.16. The van der Waals surface area contributed by atoms with Crippen LogP contribution in [0.15, 0.2) is 35.7 Å². The van der Waals surface area contributed by atoms with Crippen molar-refractivity contribution < 1.29 is 27.1 Å². The Balaban J connectivity index is 1.59. The lowest BCUT2D eigenvalue weighted by Crippen LogP contribution is -2.46. The first-order valence-electron chi connectivity index (χ1n) is 11.9. The second-order valence-corrected chi connectivity index (χ2v) is 9.82. The van der Waals surface area contributed by atoms with Gasteiger partial charge in [-0.05, 0) is 19.5 Å². The van der Waals surface area contributed by atoms with Crippen molar-refractivity contribution >= 4 is 34.7 Å². The number of nitrogens with one attached hydrogen (secondary N) is 3. The van der Waals surface area contributed by atoms with E-state index in [-0.39, 0.29) is 52.9 Å². The third-order valence-electron chi connectivity index (χ3n) is 6.07. The lowest BCUT2D eigenvalue weighted by atomic mass is 10.0. The van der Waals surface area contributed by atoms with Gasteiger partial charge in [0.25, 0.3) is 5.91 Å². The predicted molar refractivity (Wildman–Crippen MR) is 141 cm³/mol. The zero-order valence-electron chi connectivity index (χ0n) is 21.4. The molecular formula is C25H27F4N7O2S. The molecule has 3 N–H and O–H groups in total. The summed E-state index contributed by atoms with van der Waals surface area (Å²) in [6, 6.07) is 2.46. The number of rotatable bonds is 7. The number of hydrogen-bond donors (Lipinski definition) is 3. The Hall–Kier alpha value is -3.70. The number of fused-ring (bicyclic) bond motifs is 1. The number of anilines is 2. The van der Waals surface area contributed by atoms with E-state index in [0.29, 0.717) is 29.9 Å². The highest BCUT2D eigenvalue weighted by Gasteiger charge is 2.33. The lowest BCUT2D eigenvalue weighted by Gasteiger charge is -2.33. The molecule has 3 aromatic rings. The Morgan fingerprint density at radius 2 is 2.10 bits per heavy atom. The molecule has 4 heterocycles. The zero-order valence-corrected chi connectivity index (χ0v) is 22.2. The Kier molecular flexibility index (Phi) is 8.71. The van der Waals surface area contributed by atoms with Gasteiger partial charge in [-0.2, -0.15) is 13.2 Å². The molecule has 0 radical (unpaired) electrons. The molecule has 1 amide bonds. The van der Waals surface area contributed by atoms with Crippen molar-refractivity contribution in [3.63, 3.8) is 0 Å². The molecule has 0 aliphatic carbocycles. The van der Waals surface area contributed by atoms with E-state index in [1.807, 2.05) is 11.9 Å². The van der Waals surface area contributed by atoms with Crippen molar-refractivity contribution in [2.75, 3.05) is 51.5 Å². The van der Waals surface area contributed by atoms with E-state index < -0.39 is 17.7 Å². The van der Waals surface area contributed by atoms with Gasteiger partial charge < -0.3 is 30.0 Å². The summed E-state index contributed by atoms with van der Waals surface area (Å²) in [6.45, 7) is 1.01. The largest absolute Gasteiger partial charge is 0.494 e. The van der Waals surface area contributed by atoms with Crippen LogP contribution in [0.3, 0.4) is 0 Å². The topological polar surface area (TPSA) is 95.8 Å². The molecule has 0 saturated carbocycles. The van der Waals surface area contributed by atoms with Crippen LogP contribution in [0.5, 0.6) is 5.75 Å². The summed E-state index contributed by atoms with van der Waals surface area (Å²) < 4.78 is 61.6. The van der Waals surface area contributed by atoms with Crippen LogP contribution < -0.4 is 20.7 Å². The van der Waals surface area contributed by atoms with Gasteiger partial charge >= 0.3 is 5.51 Å². The number of carbonyl (C=O) groups excluding carboxylic acids is 1. The van der Waals surface area contributed by atoms with E-state index in [0.717, 1.165) is 0 Å². The third-order valence-corrected chi connectivity index (χ3v) is 6.91. The van der Waals surface area contributed by atoms with E-state index >= 15 is 0 Å².